The molecule has 3 nitrogen and oxygen atoms in total. The molecule has 0 saturated heterocycles. The van der Waals surface area contributed by atoms with Crippen LogP contribution in [0.3, 0.4) is 0 Å². The maximum atomic E-state index is 11.3. The summed E-state index contributed by atoms with van der Waals surface area (Å²) in [6.45, 7) is 0. The average Bonchev–Trinajstić information content (AvgIpc) is 3.04. The van der Waals surface area contributed by atoms with Gasteiger partial charge in [-0.3, -0.25) is 4.79 Å². The maximum Gasteiger partial charge on any atom is 0.311 e. The summed E-state index contributed by atoms with van der Waals surface area (Å²) in [6, 6.07) is 8.55. The van der Waals surface area contributed by atoms with Crippen LogP contribution in [0.2, 0.25) is 0 Å². The number of esters is 1. The topological polar surface area (TPSA) is 39.2 Å². The Balaban J connectivity index is 1.83. The van der Waals surface area contributed by atoms with Crippen molar-refractivity contribution in [3.05, 3.63) is 51.5 Å². The van der Waals surface area contributed by atoms with Gasteiger partial charge in [-0.15, -0.1) is 11.3 Å². The molecular formula is C15H15NO2S. The fourth-order valence-electron chi connectivity index (χ4n) is 2.60. The summed E-state index contributed by atoms with van der Waals surface area (Å²) in [6.07, 6.45) is 2.50. The van der Waals surface area contributed by atoms with E-state index < -0.39 is 0 Å². The van der Waals surface area contributed by atoms with Crippen molar-refractivity contribution in [2.75, 3.05) is 7.11 Å². The lowest BCUT2D eigenvalue weighted by molar-refractivity contribution is -0.139. The normalized spacial score (nSPS) is 17.2. The van der Waals surface area contributed by atoms with E-state index in [1.807, 2.05) is 5.38 Å². The Labute approximate surface area is 116 Å². The Bertz CT molecular complexity index is 606. The van der Waals surface area contributed by atoms with Gasteiger partial charge in [0.1, 0.15) is 5.01 Å². The van der Waals surface area contributed by atoms with Crippen LogP contribution >= 0.6 is 11.3 Å². The molecule has 1 aromatic carbocycles. The Morgan fingerprint density at radius 3 is 3.16 bits per heavy atom. The summed E-state index contributed by atoms with van der Waals surface area (Å²) in [7, 11) is 1.41. The van der Waals surface area contributed by atoms with Gasteiger partial charge in [0, 0.05) is 11.3 Å². The molecule has 0 N–H and O–H groups in total. The van der Waals surface area contributed by atoms with Gasteiger partial charge in [-0.05, 0) is 24.0 Å². The van der Waals surface area contributed by atoms with E-state index in [1.54, 1.807) is 11.3 Å². The van der Waals surface area contributed by atoms with Gasteiger partial charge in [0.15, 0.2) is 0 Å². The molecule has 0 fully saturated rings. The number of fused-ring (bicyclic) bond motifs is 1. The average molecular weight is 273 g/mol. The van der Waals surface area contributed by atoms with Crippen LogP contribution in [0.25, 0.3) is 0 Å². The number of carbonyl (C=O) groups is 1. The van der Waals surface area contributed by atoms with Crippen molar-refractivity contribution in [2.45, 2.75) is 25.2 Å². The van der Waals surface area contributed by atoms with E-state index in [9.17, 15) is 4.79 Å². The summed E-state index contributed by atoms with van der Waals surface area (Å²) in [4.78, 5) is 15.8. The molecule has 1 atom stereocenters. The van der Waals surface area contributed by atoms with E-state index in [-0.39, 0.29) is 12.4 Å². The molecule has 1 heterocycles. The molecule has 0 amide bonds. The van der Waals surface area contributed by atoms with Gasteiger partial charge in [0.05, 0.1) is 19.2 Å². The Morgan fingerprint density at radius 1 is 1.47 bits per heavy atom. The molecule has 3 rings (SSSR count). The number of hydrogen-bond acceptors (Lipinski definition) is 4. The van der Waals surface area contributed by atoms with Gasteiger partial charge in [0.2, 0.25) is 0 Å². The second-order valence-electron chi connectivity index (χ2n) is 4.72. The molecular weight excluding hydrogens is 258 g/mol. The predicted molar refractivity (Wildman–Crippen MR) is 74.4 cm³/mol. The summed E-state index contributed by atoms with van der Waals surface area (Å²) >= 11 is 1.64. The number of carbonyl (C=O) groups excluding carboxylic acids is 1. The van der Waals surface area contributed by atoms with Gasteiger partial charge in [-0.1, -0.05) is 24.3 Å². The van der Waals surface area contributed by atoms with E-state index in [1.165, 1.54) is 18.2 Å². The van der Waals surface area contributed by atoms with Crippen LogP contribution < -0.4 is 0 Å². The molecule has 19 heavy (non-hydrogen) atoms. The number of thiazole rings is 1. The molecule has 1 unspecified atom stereocenters. The Morgan fingerprint density at radius 2 is 2.32 bits per heavy atom. The van der Waals surface area contributed by atoms with Gasteiger partial charge in [-0.2, -0.15) is 0 Å². The van der Waals surface area contributed by atoms with Crippen LogP contribution in [0.15, 0.2) is 29.6 Å². The smallest absolute Gasteiger partial charge is 0.311 e. The van der Waals surface area contributed by atoms with Crippen molar-refractivity contribution in [1.82, 2.24) is 4.98 Å². The van der Waals surface area contributed by atoms with Crippen LogP contribution in [-0.2, 0) is 22.4 Å². The van der Waals surface area contributed by atoms with Crippen molar-refractivity contribution in [2.24, 2.45) is 0 Å². The fourth-order valence-corrected chi connectivity index (χ4v) is 3.57. The zero-order chi connectivity index (χ0) is 13.2. The molecule has 98 valence electrons. The molecule has 4 heteroatoms. The van der Waals surface area contributed by atoms with Crippen LogP contribution in [0.1, 0.15) is 34.2 Å². The number of methoxy groups -OCH3 is 1. The minimum Gasteiger partial charge on any atom is -0.469 e. The second kappa shape index (κ2) is 5.13. The first-order valence-electron chi connectivity index (χ1n) is 6.37. The lowest BCUT2D eigenvalue weighted by atomic mass is 10.0. The van der Waals surface area contributed by atoms with Gasteiger partial charge in [-0.25, -0.2) is 4.98 Å². The molecule has 1 aliphatic rings. The zero-order valence-corrected chi connectivity index (χ0v) is 11.6. The zero-order valence-electron chi connectivity index (χ0n) is 10.8. The second-order valence-corrected chi connectivity index (χ2v) is 5.61. The van der Waals surface area contributed by atoms with E-state index in [2.05, 4.69) is 34.0 Å². The number of nitrogens with zero attached hydrogens (tertiary/aromatic N) is 1. The molecule has 1 aromatic heterocycles. The summed E-state index contributed by atoms with van der Waals surface area (Å²) in [5.41, 5.74) is 3.63. The highest BCUT2D eigenvalue weighted by atomic mass is 32.1. The van der Waals surface area contributed by atoms with Crippen molar-refractivity contribution < 1.29 is 9.53 Å². The first-order chi connectivity index (χ1) is 9.28. The minimum absolute atomic E-state index is 0.233. The van der Waals surface area contributed by atoms with Crippen molar-refractivity contribution in [3.8, 4) is 0 Å². The quantitative estimate of drug-likeness (QED) is 0.807. The molecule has 0 aliphatic heterocycles. The summed E-state index contributed by atoms with van der Waals surface area (Å²) in [5, 5.41) is 3.08. The van der Waals surface area contributed by atoms with Crippen molar-refractivity contribution in [3.63, 3.8) is 0 Å². The molecule has 0 bridgehead atoms. The summed E-state index contributed by atoms with van der Waals surface area (Å²) in [5.74, 6) is 0.163. The monoisotopic (exact) mass is 273 g/mol. The van der Waals surface area contributed by atoms with Crippen LogP contribution in [0.4, 0.5) is 0 Å². The van der Waals surface area contributed by atoms with Crippen LogP contribution in [-0.4, -0.2) is 18.1 Å². The number of benzene rings is 1. The number of ether oxygens (including phenoxy) is 1. The highest BCUT2D eigenvalue weighted by molar-refractivity contribution is 7.09. The van der Waals surface area contributed by atoms with Gasteiger partial charge >= 0.3 is 5.97 Å². The molecule has 0 spiro atoms. The Kier molecular flexibility index (Phi) is 3.34. The first-order valence-corrected chi connectivity index (χ1v) is 7.25. The van der Waals surface area contributed by atoms with Crippen LogP contribution in [0.5, 0.6) is 0 Å². The molecule has 2 aromatic rings. The standard InChI is InChI=1S/C15H15NO2S/c1-18-14(17)8-11-9-19-15(16-11)13-7-6-10-4-2-3-5-12(10)13/h2-5,9,13H,6-8H2,1H3. The fraction of sp³-hybridized carbons (Fsp3) is 0.333. The predicted octanol–water partition coefficient (Wildman–Crippen LogP) is 2.94. The third kappa shape index (κ3) is 2.40. The largest absolute Gasteiger partial charge is 0.469 e. The lowest BCUT2D eigenvalue weighted by Crippen LogP contribution is -2.05. The van der Waals surface area contributed by atoms with Crippen LogP contribution in [0, 0.1) is 0 Å². The van der Waals surface area contributed by atoms with E-state index in [0.29, 0.717) is 5.92 Å². The Hall–Kier alpha value is -1.68. The highest BCUT2D eigenvalue weighted by Crippen LogP contribution is 2.39. The molecule has 0 saturated carbocycles. The third-order valence-electron chi connectivity index (χ3n) is 3.55. The van der Waals surface area contributed by atoms with Crippen molar-refractivity contribution >= 4 is 17.3 Å². The van der Waals surface area contributed by atoms with E-state index in [4.69, 9.17) is 0 Å². The minimum atomic E-state index is -0.233. The summed E-state index contributed by atoms with van der Waals surface area (Å²) < 4.78 is 4.67. The molecule has 1 aliphatic carbocycles. The SMILES string of the molecule is COC(=O)Cc1csc(C2CCc3ccccc32)n1. The van der Waals surface area contributed by atoms with Gasteiger partial charge < -0.3 is 4.74 Å². The highest BCUT2D eigenvalue weighted by Gasteiger charge is 2.26. The van der Waals surface area contributed by atoms with E-state index in [0.717, 1.165) is 23.5 Å². The van der Waals surface area contributed by atoms with Gasteiger partial charge in [0.25, 0.3) is 0 Å². The molecule has 0 radical (unpaired) electrons. The number of aryl methyl sites for hydroxylation is 1. The third-order valence-corrected chi connectivity index (χ3v) is 4.56. The lowest BCUT2D eigenvalue weighted by Gasteiger charge is -2.07. The van der Waals surface area contributed by atoms with Crippen molar-refractivity contribution in [1.29, 1.82) is 0 Å². The number of aromatic nitrogens is 1. The maximum absolute atomic E-state index is 11.3. The number of rotatable bonds is 3. The van der Waals surface area contributed by atoms with E-state index >= 15 is 0 Å². The number of hydrogen-bond donors (Lipinski definition) is 0. The first kappa shape index (κ1) is 12.4.